The molecule has 1 nitrogen and oxygen atoms in total. The number of rotatable bonds is 2. The highest BCUT2D eigenvalue weighted by Crippen LogP contribution is 2.47. The largest absolute Gasteiger partial charge is 0.455 e. The second kappa shape index (κ2) is 9.78. The monoisotopic (exact) mass is 626 g/mol. The maximum atomic E-state index is 6.70. The third-order valence-corrected chi connectivity index (χ3v) is 11.4. The van der Waals surface area contributed by atoms with Crippen molar-refractivity contribution >= 4 is 96.5 Å². The standard InChI is InChI=1S/C46H26OS/c1-2-11-29-25-30(18-17-27(29)9-1)42-33-13-5-7-15-35(33)43(36-16-8-6-14-34(36)42)31-19-23-40-39(26-31)37-21-22-38-44-32-12-4-3-10-28(32)20-24-41(44)48-46(38)45(37)47-40/h1-26H. The molecule has 0 aliphatic carbocycles. The van der Waals surface area contributed by atoms with E-state index in [1.165, 1.54) is 85.5 Å². The first-order chi connectivity index (χ1) is 23.8. The zero-order chi connectivity index (χ0) is 31.3. The third kappa shape index (κ3) is 3.61. The molecule has 0 radical (unpaired) electrons. The number of furan rings is 1. The van der Waals surface area contributed by atoms with E-state index in [9.17, 15) is 0 Å². The Balaban J connectivity index is 1.18. The van der Waals surface area contributed by atoms with Gasteiger partial charge in [0.1, 0.15) is 5.58 Å². The van der Waals surface area contributed by atoms with Crippen LogP contribution in [0.1, 0.15) is 0 Å². The lowest BCUT2D eigenvalue weighted by Gasteiger charge is -2.18. The Labute approximate surface area is 279 Å². The Bertz CT molecular complexity index is 3060. The van der Waals surface area contributed by atoms with E-state index in [1.807, 2.05) is 11.3 Å². The molecule has 0 saturated carbocycles. The van der Waals surface area contributed by atoms with Crippen LogP contribution in [0.5, 0.6) is 0 Å². The van der Waals surface area contributed by atoms with Crippen molar-refractivity contribution in [2.75, 3.05) is 0 Å². The molecule has 0 bridgehead atoms. The highest BCUT2D eigenvalue weighted by molar-refractivity contribution is 7.26. The maximum Gasteiger partial charge on any atom is 0.153 e. The fraction of sp³-hybridized carbons (Fsp3) is 0. The summed E-state index contributed by atoms with van der Waals surface area (Å²) in [4.78, 5) is 0. The summed E-state index contributed by atoms with van der Waals surface area (Å²) in [6, 6.07) is 57.7. The minimum absolute atomic E-state index is 0.921. The Kier molecular flexibility index (Phi) is 5.32. The van der Waals surface area contributed by atoms with Crippen molar-refractivity contribution in [2.24, 2.45) is 0 Å². The summed E-state index contributed by atoms with van der Waals surface area (Å²) in [6.45, 7) is 0. The van der Waals surface area contributed by atoms with Crippen LogP contribution in [0, 0.1) is 0 Å². The SMILES string of the molecule is c1ccc2cc(-c3c4ccccc4c(-c4ccc5oc6c(ccc7c6sc6ccc8ccccc8c67)c5c4)c4ccccc34)ccc2c1. The zero-order valence-corrected chi connectivity index (χ0v) is 26.6. The third-order valence-electron chi connectivity index (χ3n) is 10.2. The molecular formula is C46H26OS. The molecule has 11 aromatic rings. The molecular weight excluding hydrogens is 601 g/mol. The highest BCUT2D eigenvalue weighted by atomic mass is 32.1. The first-order valence-corrected chi connectivity index (χ1v) is 17.2. The van der Waals surface area contributed by atoms with E-state index in [-0.39, 0.29) is 0 Å². The van der Waals surface area contributed by atoms with Crippen molar-refractivity contribution in [3.8, 4) is 22.3 Å². The number of hydrogen-bond donors (Lipinski definition) is 0. The van der Waals surface area contributed by atoms with Crippen molar-refractivity contribution in [1.29, 1.82) is 0 Å². The van der Waals surface area contributed by atoms with Crippen LogP contribution >= 0.6 is 11.3 Å². The Morgan fingerprint density at radius 2 is 0.938 bits per heavy atom. The van der Waals surface area contributed by atoms with Crippen molar-refractivity contribution in [2.45, 2.75) is 0 Å². The summed E-state index contributed by atoms with van der Waals surface area (Å²) in [5.41, 5.74) is 6.88. The number of benzene rings is 9. The van der Waals surface area contributed by atoms with Crippen LogP contribution < -0.4 is 0 Å². The van der Waals surface area contributed by atoms with Gasteiger partial charge in [-0.05, 0) is 95.7 Å². The molecule has 0 aliphatic heterocycles. The quantitative estimate of drug-likeness (QED) is 0.174. The Morgan fingerprint density at radius 1 is 0.375 bits per heavy atom. The number of thiophene rings is 1. The number of hydrogen-bond acceptors (Lipinski definition) is 2. The average molecular weight is 627 g/mol. The average Bonchev–Trinajstić information content (AvgIpc) is 3.72. The lowest BCUT2D eigenvalue weighted by Crippen LogP contribution is -1.91. The molecule has 0 N–H and O–H groups in total. The van der Waals surface area contributed by atoms with Gasteiger partial charge in [-0.25, -0.2) is 0 Å². The van der Waals surface area contributed by atoms with Gasteiger partial charge in [0.05, 0.1) is 4.70 Å². The summed E-state index contributed by atoms with van der Waals surface area (Å²) >= 11 is 1.83. The summed E-state index contributed by atoms with van der Waals surface area (Å²) in [7, 11) is 0. The first-order valence-electron chi connectivity index (χ1n) is 16.4. The molecule has 0 atom stereocenters. The summed E-state index contributed by atoms with van der Waals surface area (Å²) in [6.07, 6.45) is 0. The summed E-state index contributed by atoms with van der Waals surface area (Å²) in [5.74, 6) is 0. The van der Waals surface area contributed by atoms with E-state index in [0.29, 0.717) is 0 Å². The van der Waals surface area contributed by atoms with Gasteiger partial charge in [0.15, 0.2) is 5.58 Å². The molecule has 0 saturated heterocycles. The minimum atomic E-state index is 0.921. The fourth-order valence-corrected chi connectivity index (χ4v) is 9.29. The van der Waals surface area contributed by atoms with Crippen molar-refractivity contribution in [1.82, 2.24) is 0 Å². The van der Waals surface area contributed by atoms with Crippen LogP contribution in [0.3, 0.4) is 0 Å². The van der Waals surface area contributed by atoms with Crippen molar-refractivity contribution < 1.29 is 4.42 Å². The highest BCUT2D eigenvalue weighted by Gasteiger charge is 2.20. The predicted molar refractivity (Wildman–Crippen MR) is 208 cm³/mol. The molecule has 48 heavy (non-hydrogen) atoms. The lowest BCUT2D eigenvalue weighted by molar-refractivity contribution is 0.673. The van der Waals surface area contributed by atoms with Crippen LogP contribution in [0.15, 0.2) is 162 Å². The topological polar surface area (TPSA) is 13.1 Å². The van der Waals surface area contributed by atoms with Gasteiger partial charge in [-0.2, -0.15) is 0 Å². The molecule has 222 valence electrons. The van der Waals surface area contributed by atoms with Gasteiger partial charge < -0.3 is 4.42 Å². The van der Waals surface area contributed by atoms with Gasteiger partial charge in [0, 0.05) is 26.2 Å². The van der Waals surface area contributed by atoms with Gasteiger partial charge in [0.2, 0.25) is 0 Å². The normalized spacial score (nSPS) is 12.2. The Morgan fingerprint density at radius 3 is 1.67 bits per heavy atom. The van der Waals surface area contributed by atoms with Gasteiger partial charge in [-0.1, -0.05) is 127 Å². The van der Waals surface area contributed by atoms with E-state index < -0.39 is 0 Å². The second-order valence-electron chi connectivity index (χ2n) is 12.8. The predicted octanol–water partition coefficient (Wildman–Crippen LogP) is 13.9. The van der Waals surface area contributed by atoms with Gasteiger partial charge in [-0.3, -0.25) is 0 Å². The van der Waals surface area contributed by atoms with Crippen LogP contribution in [0.25, 0.3) is 107 Å². The summed E-state index contributed by atoms with van der Waals surface area (Å²) in [5, 5.41) is 15.0. The Hall–Kier alpha value is -5.96. The van der Waals surface area contributed by atoms with Gasteiger partial charge >= 0.3 is 0 Å². The first kappa shape index (κ1) is 26.1. The van der Waals surface area contributed by atoms with E-state index in [1.54, 1.807) is 0 Å². The molecule has 0 spiro atoms. The molecule has 2 heteroatoms. The van der Waals surface area contributed by atoms with Crippen molar-refractivity contribution in [3.63, 3.8) is 0 Å². The second-order valence-corrected chi connectivity index (χ2v) is 13.8. The zero-order valence-electron chi connectivity index (χ0n) is 25.8. The van der Waals surface area contributed by atoms with Crippen molar-refractivity contribution in [3.05, 3.63) is 158 Å². The molecule has 2 aromatic heterocycles. The van der Waals surface area contributed by atoms with Crippen LogP contribution in [0.4, 0.5) is 0 Å². The van der Waals surface area contributed by atoms with Crippen LogP contribution in [-0.4, -0.2) is 0 Å². The van der Waals surface area contributed by atoms with E-state index >= 15 is 0 Å². The van der Waals surface area contributed by atoms with Crippen LogP contribution in [-0.2, 0) is 0 Å². The lowest BCUT2D eigenvalue weighted by atomic mass is 9.85. The number of fused-ring (bicyclic) bond motifs is 12. The van der Waals surface area contributed by atoms with Gasteiger partial charge in [0.25, 0.3) is 0 Å². The molecule has 11 rings (SSSR count). The van der Waals surface area contributed by atoms with Gasteiger partial charge in [-0.15, -0.1) is 11.3 Å². The maximum absolute atomic E-state index is 6.70. The van der Waals surface area contributed by atoms with Crippen LogP contribution in [0.2, 0.25) is 0 Å². The van der Waals surface area contributed by atoms with E-state index in [4.69, 9.17) is 4.42 Å². The molecule has 0 fully saturated rings. The van der Waals surface area contributed by atoms with E-state index in [0.717, 1.165) is 21.9 Å². The fourth-order valence-electron chi connectivity index (χ4n) is 8.09. The molecule has 0 unspecified atom stereocenters. The smallest absolute Gasteiger partial charge is 0.153 e. The molecule has 0 amide bonds. The minimum Gasteiger partial charge on any atom is -0.455 e. The summed E-state index contributed by atoms with van der Waals surface area (Å²) < 4.78 is 9.20. The molecule has 2 heterocycles. The van der Waals surface area contributed by atoms with E-state index in [2.05, 4.69) is 158 Å². The molecule has 0 aliphatic rings. The molecule has 9 aromatic carbocycles.